The normalized spacial score (nSPS) is 22.9. The molecule has 1 aliphatic rings. The van der Waals surface area contributed by atoms with Crippen LogP contribution in [-0.4, -0.2) is 48.3 Å². The molecule has 3 rings (SSSR count). The summed E-state index contributed by atoms with van der Waals surface area (Å²) < 4.78 is 29.0. The molecule has 2 heterocycles. The van der Waals surface area contributed by atoms with Gasteiger partial charge in [0.05, 0.1) is 19.8 Å². The summed E-state index contributed by atoms with van der Waals surface area (Å²) in [6.07, 6.45) is -0.713. The molecule has 1 fully saturated rings. The predicted molar refractivity (Wildman–Crippen MR) is 75.6 cm³/mol. The van der Waals surface area contributed by atoms with E-state index in [1.165, 1.54) is 19.2 Å². The van der Waals surface area contributed by atoms with Crippen molar-refractivity contribution in [3.05, 3.63) is 29.9 Å². The molecule has 1 unspecified atom stereocenters. The number of aromatic nitrogens is 1. The van der Waals surface area contributed by atoms with Gasteiger partial charge < -0.3 is 13.9 Å². The zero-order chi connectivity index (χ0) is 15.7. The molecular formula is C15H17FN2O4. The Bertz CT molecular complexity index is 687. The lowest BCUT2D eigenvalue weighted by molar-refractivity contribution is -0.166. The number of hydrogen-bond donors (Lipinski definition) is 0. The van der Waals surface area contributed by atoms with Gasteiger partial charge in [-0.2, -0.15) is 0 Å². The summed E-state index contributed by atoms with van der Waals surface area (Å²) in [6.45, 7) is 3.38. The zero-order valence-electron chi connectivity index (χ0n) is 12.4. The maximum Gasteiger partial charge on any atom is 0.336 e. The molecule has 1 aromatic heterocycles. The van der Waals surface area contributed by atoms with Crippen LogP contribution in [0.1, 0.15) is 12.8 Å². The molecule has 118 valence electrons. The Morgan fingerprint density at radius 2 is 2.32 bits per heavy atom. The average Bonchev–Trinajstić information content (AvgIpc) is 2.86. The number of carbonyl (C=O) groups is 1. The number of nitrogens with zero attached hydrogens (tertiary/aromatic N) is 2. The van der Waals surface area contributed by atoms with Crippen molar-refractivity contribution in [2.45, 2.75) is 25.7 Å². The van der Waals surface area contributed by atoms with Gasteiger partial charge in [-0.15, -0.1) is 0 Å². The van der Waals surface area contributed by atoms with E-state index < -0.39 is 12.1 Å². The summed E-state index contributed by atoms with van der Waals surface area (Å²) in [5, 5.41) is 0. The molecule has 1 aromatic carbocycles. The third-order valence-corrected chi connectivity index (χ3v) is 3.55. The van der Waals surface area contributed by atoms with Crippen LogP contribution in [0.3, 0.4) is 0 Å². The van der Waals surface area contributed by atoms with Crippen LogP contribution in [0.5, 0.6) is 0 Å². The number of hydrogen-bond acceptors (Lipinski definition) is 6. The van der Waals surface area contributed by atoms with Gasteiger partial charge in [-0.05, 0) is 19.1 Å². The molecule has 0 aliphatic carbocycles. The maximum absolute atomic E-state index is 13.2. The van der Waals surface area contributed by atoms with Gasteiger partial charge in [0.2, 0.25) is 5.89 Å². The van der Waals surface area contributed by atoms with Crippen molar-refractivity contribution >= 4 is 17.1 Å². The number of carbonyl (C=O) groups excluding carboxylic acids is 1. The second kappa shape index (κ2) is 6.02. The van der Waals surface area contributed by atoms with Crippen molar-refractivity contribution in [3.63, 3.8) is 0 Å². The zero-order valence-corrected chi connectivity index (χ0v) is 12.4. The van der Waals surface area contributed by atoms with Crippen molar-refractivity contribution in [3.8, 4) is 0 Å². The molecule has 2 atom stereocenters. The van der Waals surface area contributed by atoms with E-state index in [1.807, 2.05) is 11.8 Å². The molecule has 0 amide bonds. The highest BCUT2D eigenvalue weighted by atomic mass is 19.1. The Morgan fingerprint density at radius 1 is 1.50 bits per heavy atom. The number of ether oxygens (including phenoxy) is 2. The molecule has 0 bridgehead atoms. The second-order valence-electron chi connectivity index (χ2n) is 5.37. The number of esters is 1. The van der Waals surface area contributed by atoms with E-state index in [0.29, 0.717) is 36.6 Å². The quantitative estimate of drug-likeness (QED) is 0.805. The minimum absolute atomic E-state index is 0.0975. The molecule has 7 heteroatoms. The Kier molecular flexibility index (Phi) is 4.08. The topological polar surface area (TPSA) is 64.8 Å². The van der Waals surface area contributed by atoms with Gasteiger partial charge in [-0.3, -0.25) is 4.90 Å². The molecule has 6 nitrogen and oxygen atoms in total. The largest absolute Gasteiger partial charge is 0.467 e. The van der Waals surface area contributed by atoms with Crippen LogP contribution in [0, 0.1) is 5.82 Å². The highest BCUT2D eigenvalue weighted by Gasteiger charge is 2.31. The van der Waals surface area contributed by atoms with Crippen LogP contribution in [0.2, 0.25) is 0 Å². The lowest BCUT2D eigenvalue weighted by Gasteiger charge is -2.34. The average molecular weight is 308 g/mol. The first-order valence-electron chi connectivity index (χ1n) is 7.06. The van der Waals surface area contributed by atoms with Crippen LogP contribution < -0.4 is 0 Å². The van der Waals surface area contributed by atoms with E-state index in [2.05, 4.69) is 4.98 Å². The Labute approximate surface area is 126 Å². The molecule has 0 spiro atoms. The van der Waals surface area contributed by atoms with E-state index in [4.69, 9.17) is 13.9 Å². The molecule has 0 N–H and O–H groups in total. The van der Waals surface area contributed by atoms with E-state index in [9.17, 15) is 9.18 Å². The number of methoxy groups -OCH3 is 1. The highest BCUT2D eigenvalue weighted by Crippen LogP contribution is 2.20. The van der Waals surface area contributed by atoms with Crippen molar-refractivity contribution in [2.24, 2.45) is 0 Å². The standard InChI is InChI=1S/C15H17FN2O4/c1-9-6-18(7-13(21-9)15(19)20-2)8-14-17-11-4-3-10(16)5-12(11)22-14/h3-5,9,13H,6-8H2,1-2H3/t9-,13?/m1/s1. The van der Waals surface area contributed by atoms with Crippen molar-refractivity contribution in [2.75, 3.05) is 20.2 Å². The molecule has 1 aliphatic heterocycles. The van der Waals surface area contributed by atoms with Crippen molar-refractivity contribution in [1.82, 2.24) is 9.88 Å². The first-order valence-corrected chi connectivity index (χ1v) is 7.06. The number of fused-ring (bicyclic) bond motifs is 1. The molecule has 0 radical (unpaired) electrons. The summed E-state index contributed by atoms with van der Waals surface area (Å²) in [5.41, 5.74) is 1.03. The van der Waals surface area contributed by atoms with E-state index >= 15 is 0 Å². The highest BCUT2D eigenvalue weighted by molar-refractivity contribution is 5.75. The molecule has 0 saturated carbocycles. The van der Waals surface area contributed by atoms with Crippen LogP contribution in [0.15, 0.2) is 22.6 Å². The molecular weight excluding hydrogens is 291 g/mol. The van der Waals surface area contributed by atoms with Gasteiger partial charge >= 0.3 is 5.97 Å². The summed E-state index contributed by atoms with van der Waals surface area (Å²) >= 11 is 0. The third kappa shape index (κ3) is 3.10. The number of benzene rings is 1. The fraction of sp³-hybridized carbons (Fsp3) is 0.467. The first-order chi connectivity index (χ1) is 10.5. The maximum atomic E-state index is 13.2. The SMILES string of the molecule is COC(=O)C1CN(Cc2nc3ccc(F)cc3o2)C[C@@H](C)O1. The van der Waals surface area contributed by atoms with Crippen LogP contribution in [-0.2, 0) is 20.8 Å². The lowest BCUT2D eigenvalue weighted by atomic mass is 10.2. The summed E-state index contributed by atoms with van der Waals surface area (Å²) in [7, 11) is 1.34. The Hall–Kier alpha value is -1.99. The molecule has 2 aromatic rings. The van der Waals surface area contributed by atoms with Crippen LogP contribution in [0.25, 0.3) is 11.1 Å². The van der Waals surface area contributed by atoms with Gasteiger partial charge in [0.25, 0.3) is 0 Å². The van der Waals surface area contributed by atoms with Gasteiger partial charge in [0.15, 0.2) is 11.7 Å². The first kappa shape index (κ1) is 14.9. The number of rotatable bonds is 3. The van der Waals surface area contributed by atoms with E-state index in [1.54, 1.807) is 6.07 Å². The third-order valence-electron chi connectivity index (χ3n) is 3.55. The molecule has 22 heavy (non-hydrogen) atoms. The monoisotopic (exact) mass is 308 g/mol. The smallest absolute Gasteiger partial charge is 0.336 e. The minimum Gasteiger partial charge on any atom is -0.467 e. The number of halogens is 1. The predicted octanol–water partition coefficient (Wildman–Crippen LogP) is 1.73. The van der Waals surface area contributed by atoms with E-state index in [0.717, 1.165) is 0 Å². The Balaban J connectivity index is 1.74. The number of oxazole rings is 1. The lowest BCUT2D eigenvalue weighted by Crippen LogP contribution is -2.49. The van der Waals surface area contributed by atoms with Gasteiger partial charge in [0, 0.05) is 19.2 Å². The van der Waals surface area contributed by atoms with Crippen LogP contribution >= 0.6 is 0 Å². The summed E-state index contributed by atoms with van der Waals surface area (Å²) in [5.74, 6) is -0.268. The fourth-order valence-electron chi connectivity index (χ4n) is 2.63. The van der Waals surface area contributed by atoms with Gasteiger partial charge in [-0.25, -0.2) is 14.2 Å². The second-order valence-corrected chi connectivity index (χ2v) is 5.37. The fourth-order valence-corrected chi connectivity index (χ4v) is 2.63. The molecule has 1 saturated heterocycles. The number of morpholine rings is 1. The minimum atomic E-state index is -0.615. The van der Waals surface area contributed by atoms with Gasteiger partial charge in [0.1, 0.15) is 11.3 Å². The summed E-state index contributed by atoms with van der Waals surface area (Å²) in [6, 6.07) is 4.24. The Morgan fingerprint density at radius 3 is 3.09 bits per heavy atom. The van der Waals surface area contributed by atoms with Crippen LogP contribution in [0.4, 0.5) is 4.39 Å². The van der Waals surface area contributed by atoms with Crippen molar-refractivity contribution < 1.29 is 23.1 Å². The van der Waals surface area contributed by atoms with Crippen molar-refractivity contribution in [1.29, 1.82) is 0 Å². The van der Waals surface area contributed by atoms with Gasteiger partial charge in [-0.1, -0.05) is 0 Å². The van der Waals surface area contributed by atoms with E-state index in [-0.39, 0.29) is 11.9 Å². The summed E-state index contributed by atoms with van der Waals surface area (Å²) in [4.78, 5) is 18.0.